The van der Waals surface area contributed by atoms with Crippen LogP contribution in [0.15, 0.2) is 22.1 Å². The van der Waals surface area contributed by atoms with Crippen molar-refractivity contribution in [3.8, 4) is 0 Å². The molecule has 0 rings (SSSR count). The Labute approximate surface area is 74.0 Å². The van der Waals surface area contributed by atoms with Crippen LogP contribution in [0.5, 0.6) is 0 Å². The largest absolute Gasteiger partial charge is 0 e. The first-order valence-corrected chi connectivity index (χ1v) is 14.2. The van der Waals surface area contributed by atoms with Gasteiger partial charge in [-0.25, -0.2) is 0 Å². The summed E-state index contributed by atoms with van der Waals surface area (Å²) < 4.78 is 4.20. The van der Waals surface area contributed by atoms with Crippen molar-refractivity contribution >= 4 is 0 Å². The molecule has 0 spiro atoms. The van der Waals surface area contributed by atoms with Gasteiger partial charge in [0.1, 0.15) is 0 Å². The van der Waals surface area contributed by atoms with Gasteiger partial charge in [0.25, 0.3) is 0 Å². The molecule has 0 bridgehead atoms. The van der Waals surface area contributed by atoms with Crippen LogP contribution in [0.3, 0.4) is 0 Å². The predicted molar refractivity (Wildman–Crippen MR) is 43.9 cm³/mol. The van der Waals surface area contributed by atoms with Crippen LogP contribution in [0.25, 0.3) is 0 Å². The summed E-state index contributed by atoms with van der Waals surface area (Å²) in [6.45, 7) is 7.71. The average molecular weight is 361 g/mol. The second kappa shape index (κ2) is 2.34. The van der Waals surface area contributed by atoms with Crippen LogP contribution in [-0.4, -0.2) is 0 Å². The fourth-order valence-electron chi connectivity index (χ4n) is 0.0527. The molecule has 0 N–H and O–H groups in total. The summed E-state index contributed by atoms with van der Waals surface area (Å²) in [4.78, 5) is 0. The molecule has 0 saturated heterocycles. The molecule has 0 aromatic carbocycles. The SMILES string of the molecule is C=[CH][Pt]([CH3])([CH3])([CH3])([CH3])[CH]=C.[Cr]. The molecule has 0 heterocycles. The zero-order valence-corrected chi connectivity index (χ0v) is 10.8. The van der Waals surface area contributed by atoms with Gasteiger partial charge in [0, 0.05) is 17.4 Å². The summed E-state index contributed by atoms with van der Waals surface area (Å²) in [5, 5.41) is 9.15. The third-order valence-electron chi connectivity index (χ3n) is 1.18. The van der Waals surface area contributed by atoms with Gasteiger partial charge in [-0.15, -0.1) is 0 Å². The molecule has 0 fully saturated rings. The Balaban J connectivity index is 0. The Hall–Kier alpha value is 0.701. The summed E-state index contributed by atoms with van der Waals surface area (Å²) in [6.07, 6.45) is 0. The maximum absolute atomic E-state index is 3.86. The van der Waals surface area contributed by atoms with Crippen LogP contribution >= 0.6 is 0 Å². The van der Waals surface area contributed by atoms with Gasteiger partial charge in [0.05, 0.1) is 0 Å². The molecule has 0 aromatic heterocycles. The van der Waals surface area contributed by atoms with E-state index in [1.54, 1.807) is 0 Å². The molecule has 0 nitrogen and oxygen atoms in total. The summed E-state index contributed by atoms with van der Waals surface area (Å²) >= 11 is -2.71. The maximum Gasteiger partial charge on any atom is 0 e. The van der Waals surface area contributed by atoms with Crippen LogP contribution < -0.4 is 0 Å². The first-order valence-electron chi connectivity index (χ1n) is 2.45. The molecular formula is C8H18CrPt. The zero-order valence-electron chi connectivity index (χ0n) is 7.29. The summed E-state index contributed by atoms with van der Waals surface area (Å²) in [5.74, 6) is 0. The molecule has 0 aliphatic heterocycles. The Morgan fingerprint density at radius 3 is 1.10 bits per heavy atom. The number of hydrogen-bond acceptors (Lipinski definition) is 0. The van der Waals surface area contributed by atoms with Crippen molar-refractivity contribution in [1.29, 1.82) is 0 Å². The zero-order chi connectivity index (χ0) is 7.82. The molecule has 0 aliphatic rings. The van der Waals surface area contributed by atoms with E-state index in [-0.39, 0.29) is 17.4 Å². The van der Waals surface area contributed by atoms with Gasteiger partial charge >= 0.3 is 56.9 Å². The molecule has 0 radical (unpaired) electrons. The molecule has 0 amide bonds. The third kappa shape index (κ3) is 4.51. The van der Waals surface area contributed by atoms with Gasteiger partial charge in [0.2, 0.25) is 0 Å². The van der Waals surface area contributed by atoms with Crippen LogP contribution in [0.2, 0.25) is 21.3 Å². The second-order valence-electron chi connectivity index (χ2n) is 3.72. The van der Waals surface area contributed by atoms with Gasteiger partial charge in [0.15, 0.2) is 0 Å². The standard InChI is InChI=1S/2C2H3.4CH3.Cr.Pt/c2*1-2;;;;;;/h2*1H,2H2;4*1H3;;. The Bertz CT molecular complexity index is 144. The van der Waals surface area contributed by atoms with Gasteiger partial charge in [-0.1, -0.05) is 0 Å². The van der Waals surface area contributed by atoms with E-state index in [9.17, 15) is 0 Å². The van der Waals surface area contributed by atoms with E-state index in [1.165, 1.54) is 0 Å². The monoisotopic (exact) mass is 361 g/mol. The molecule has 66 valence electrons. The normalized spacial score (nSPS) is 17.6. The molecule has 0 saturated carbocycles. The van der Waals surface area contributed by atoms with Crippen LogP contribution in [0.4, 0.5) is 0 Å². The van der Waals surface area contributed by atoms with E-state index in [4.69, 9.17) is 0 Å². The smallest absolute Gasteiger partial charge is 0 e. The molecule has 2 heteroatoms. The van der Waals surface area contributed by atoms with Crippen LogP contribution in [0.1, 0.15) is 0 Å². The van der Waals surface area contributed by atoms with E-state index < -0.39 is 13.6 Å². The number of rotatable bonds is 2. The van der Waals surface area contributed by atoms with Crippen molar-refractivity contribution in [3.63, 3.8) is 0 Å². The van der Waals surface area contributed by atoms with Gasteiger partial charge in [-0.3, -0.25) is 0 Å². The van der Waals surface area contributed by atoms with E-state index >= 15 is 0 Å². The molecular weight excluding hydrogens is 343 g/mol. The third-order valence-corrected chi connectivity index (χ3v) is 9.67. The summed E-state index contributed by atoms with van der Waals surface area (Å²) in [6, 6.07) is 0. The topological polar surface area (TPSA) is 0 Å². The van der Waals surface area contributed by atoms with Crippen molar-refractivity contribution in [3.05, 3.63) is 22.1 Å². The van der Waals surface area contributed by atoms with Crippen molar-refractivity contribution in [1.82, 2.24) is 0 Å². The summed E-state index contributed by atoms with van der Waals surface area (Å²) in [7, 11) is 0. The van der Waals surface area contributed by atoms with Gasteiger partial charge in [-0.05, 0) is 0 Å². The average Bonchev–Trinajstić information content (AvgIpc) is 1.67. The molecule has 0 unspecified atom stereocenters. The predicted octanol–water partition coefficient (Wildman–Crippen LogP) is 3.69. The Kier molecular flexibility index (Phi) is 3.12. The minimum absolute atomic E-state index is 0. The van der Waals surface area contributed by atoms with Crippen molar-refractivity contribution < 1.29 is 30.9 Å². The van der Waals surface area contributed by atoms with Crippen LogP contribution in [0, 0.1) is 0 Å². The quantitative estimate of drug-likeness (QED) is 0.704. The molecule has 10 heavy (non-hydrogen) atoms. The molecule has 0 atom stereocenters. The van der Waals surface area contributed by atoms with Crippen molar-refractivity contribution in [2.24, 2.45) is 0 Å². The fourth-order valence-corrected chi connectivity index (χ4v) is 0.431. The van der Waals surface area contributed by atoms with E-state index in [2.05, 4.69) is 43.3 Å². The summed E-state index contributed by atoms with van der Waals surface area (Å²) in [5.41, 5.74) is 0. The Morgan fingerprint density at radius 1 is 0.900 bits per heavy atom. The molecule has 0 aliphatic carbocycles. The second-order valence-corrected chi connectivity index (χ2v) is 30.5. The van der Waals surface area contributed by atoms with Crippen molar-refractivity contribution in [2.45, 2.75) is 21.3 Å². The van der Waals surface area contributed by atoms with Crippen LogP contribution in [-0.2, 0) is 30.9 Å². The van der Waals surface area contributed by atoms with E-state index in [0.717, 1.165) is 0 Å². The maximum atomic E-state index is 3.86. The number of hydrogen-bond donors (Lipinski definition) is 0. The van der Waals surface area contributed by atoms with E-state index in [1.807, 2.05) is 0 Å². The first kappa shape index (κ1) is 13.3. The first-order chi connectivity index (χ1) is 3.62. The Morgan fingerprint density at radius 2 is 1.10 bits per heavy atom. The van der Waals surface area contributed by atoms with Gasteiger partial charge in [-0.2, -0.15) is 0 Å². The van der Waals surface area contributed by atoms with Crippen molar-refractivity contribution in [2.75, 3.05) is 0 Å². The minimum Gasteiger partial charge on any atom is 0 e. The fraction of sp³-hybridized carbons (Fsp3) is 0.500. The van der Waals surface area contributed by atoms with E-state index in [0.29, 0.717) is 0 Å². The molecule has 0 aromatic rings. The van der Waals surface area contributed by atoms with Gasteiger partial charge < -0.3 is 0 Å². The minimum atomic E-state index is -2.71.